The van der Waals surface area contributed by atoms with Crippen molar-refractivity contribution in [3.63, 3.8) is 0 Å². The van der Waals surface area contributed by atoms with E-state index < -0.39 is 0 Å². The summed E-state index contributed by atoms with van der Waals surface area (Å²) in [6.07, 6.45) is 4.73. The highest BCUT2D eigenvalue weighted by atomic mass is 16.5. The van der Waals surface area contributed by atoms with Gasteiger partial charge in [-0.05, 0) is 37.9 Å². The summed E-state index contributed by atoms with van der Waals surface area (Å²) < 4.78 is 5.94. The van der Waals surface area contributed by atoms with Crippen LogP contribution in [-0.4, -0.2) is 35.6 Å². The normalized spacial score (nSPS) is 34.0. The van der Waals surface area contributed by atoms with Gasteiger partial charge in [-0.1, -0.05) is 6.07 Å². The molecule has 80 valence electrons. The van der Waals surface area contributed by atoms with Gasteiger partial charge in [0.15, 0.2) is 0 Å². The standard InChI is InChI=1S/C12H16N2O/c1-2-6-13-12(3-1)15-11-9-14-7-4-10(11)5-8-14/h1-3,6,10-11H,4-5,7-9H2/t11-/m0/s1. The second kappa shape index (κ2) is 3.81. The number of hydrogen-bond donors (Lipinski definition) is 0. The molecule has 3 heteroatoms. The molecule has 0 aromatic carbocycles. The summed E-state index contributed by atoms with van der Waals surface area (Å²) in [6.45, 7) is 3.60. The van der Waals surface area contributed by atoms with Crippen LogP contribution >= 0.6 is 0 Å². The largest absolute Gasteiger partial charge is 0.473 e. The van der Waals surface area contributed by atoms with E-state index >= 15 is 0 Å². The highest BCUT2D eigenvalue weighted by molar-refractivity contribution is 5.10. The van der Waals surface area contributed by atoms with Crippen LogP contribution in [0.4, 0.5) is 0 Å². The molecule has 0 aliphatic carbocycles. The molecule has 0 unspecified atom stereocenters. The smallest absolute Gasteiger partial charge is 0.213 e. The van der Waals surface area contributed by atoms with Gasteiger partial charge in [-0.3, -0.25) is 4.90 Å². The van der Waals surface area contributed by atoms with Crippen molar-refractivity contribution in [2.75, 3.05) is 19.6 Å². The van der Waals surface area contributed by atoms with E-state index in [9.17, 15) is 0 Å². The zero-order chi connectivity index (χ0) is 10.1. The molecule has 4 rings (SSSR count). The predicted octanol–water partition coefficient (Wildman–Crippen LogP) is 1.55. The van der Waals surface area contributed by atoms with Crippen LogP contribution in [0.15, 0.2) is 24.4 Å². The van der Waals surface area contributed by atoms with Crippen LogP contribution in [0.3, 0.4) is 0 Å². The molecule has 1 atom stereocenters. The van der Waals surface area contributed by atoms with Crippen molar-refractivity contribution in [1.29, 1.82) is 0 Å². The first-order valence-corrected chi connectivity index (χ1v) is 5.72. The van der Waals surface area contributed by atoms with Gasteiger partial charge in [0.25, 0.3) is 0 Å². The van der Waals surface area contributed by atoms with E-state index in [2.05, 4.69) is 9.88 Å². The van der Waals surface area contributed by atoms with E-state index in [1.54, 1.807) is 6.20 Å². The van der Waals surface area contributed by atoms with E-state index in [-0.39, 0.29) is 0 Å². The summed E-state index contributed by atoms with van der Waals surface area (Å²) in [4.78, 5) is 6.71. The topological polar surface area (TPSA) is 25.4 Å². The number of fused-ring (bicyclic) bond motifs is 3. The van der Waals surface area contributed by atoms with E-state index in [0.29, 0.717) is 6.10 Å². The third-order valence-corrected chi connectivity index (χ3v) is 3.51. The molecule has 3 fully saturated rings. The maximum atomic E-state index is 5.94. The van der Waals surface area contributed by atoms with Crippen LogP contribution < -0.4 is 4.74 Å². The molecular formula is C12H16N2O. The predicted molar refractivity (Wildman–Crippen MR) is 57.8 cm³/mol. The van der Waals surface area contributed by atoms with Gasteiger partial charge in [-0.2, -0.15) is 0 Å². The summed E-state index contributed by atoms with van der Waals surface area (Å²) in [6, 6.07) is 5.84. The van der Waals surface area contributed by atoms with Crippen molar-refractivity contribution in [2.24, 2.45) is 5.92 Å². The van der Waals surface area contributed by atoms with Crippen molar-refractivity contribution in [3.05, 3.63) is 24.4 Å². The second-order valence-electron chi connectivity index (χ2n) is 4.46. The SMILES string of the molecule is c1ccc(O[C@H]2CN3CCC2CC3)nc1. The van der Waals surface area contributed by atoms with Gasteiger partial charge in [0, 0.05) is 18.8 Å². The van der Waals surface area contributed by atoms with Gasteiger partial charge in [0.2, 0.25) is 5.88 Å². The monoisotopic (exact) mass is 204 g/mol. The first-order chi connectivity index (χ1) is 7.42. The summed E-state index contributed by atoms with van der Waals surface area (Å²) in [5.74, 6) is 1.52. The van der Waals surface area contributed by atoms with Gasteiger partial charge < -0.3 is 4.74 Å². The van der Waals surface area contributed by atoms with Crippen LogP contribution in [-0.2, 0) is 0 Å². The molecular weight excluding hydrogens is 188 g/mol. The van der Waals surface area contributed by atoms with E-state index in [1.165, 1.54) is 25.9 Å². The average Bonchev–Trinajstić information content (AvgIpc) is 2.32. The van der Waals surface area contributed by atoms with Crippen molar-refractivity contribution in [3.8, 4) is 5.88 Å². The Bertz CT molecular complexity index is 320. The molecule has 3 nitrogen and oxygen atoms in total. The van der Waals surface area contributed by atoms with Gasteiger partial charge in [0.1, 0.15) is 6.10 Å². The number of nitrogens with zero attached hydrogens (tertiary/aromatic N) is 2. The zero-order valence-electron chi connectivity index (χ0n) is 8.80. The van der Waals surface area contributed by atoms with Crippen molar-refractivity contribution in [2.45, 2.75) is 18.9 Å². The Labute approximate surface area is 90.1 Å². The molecule has 1 aromatic rings. The molecule has 2 bridgehead atoms. The Hall–Kier alpha value is -1.09. The molecule has 0 N–H and O–H groups in total. The van der Waals surface area contributed by atoms with Gasteiger partial charge in [-0.25, -0.2) is 4.98 Å². The highest BCUT2D eigenvalue weighted by Crippen LogP contribution is 2.29. The number of ether oxygens (including phenoxy) is 1. The van der Waals surface area contributed by atoms with E-state index in [0.717, 1.165) is 18.3 Å². The quantitative estimate of drug-likeness (QED) is 0.731. The fraction of sp³-hybridized carbons (Fsp3) is 0.583. The number of aromatic nitrogens is 1. The van der Waals surface area contributed by atoms with Gasteiger partial charge in [0.05, 0.1) is 0 Å². The van der Waals surface area contributed by atoms with Crippen LogP contribution in [0.25, 0.3) is 0 Å². The van der Waals surface area contributed by atoms with Gasteiger partial charge in [-0.15, -0.1) is 0 Å². The highest BCUT2D eigenvalue weighted by Gasteiger charge is 2.35. The molecule has 3 aliphatic rings. The lowest BCUT2D eigenvalue weighted by atomic mass is 9.86. The fourth-order valence-electron chi connectivity index (χ4n) is 2.62. The van der Waals surface area contributed by atoms with Crippen molar-refractivity contribution in [1.82, 2.24) is 9.88 Å². The van der Waals surface area contributed by atoms with Crippen LogP contribution in [0.2, 0.25) is 0 Å². The van der Waals surface area contributed by atoms with Crippen LogP contribution in [0, 0.1) is 5.92 Å². The minimum Gasteiger partial charge on any atom is -0.473 e. The molecule has 4 heterocycles. The molecule has 1 aromatic heterocycles. The average molecular weight is 204 g/mol. The molecule has 0 saturated carbocycles. The molecule has 15 heavy (non-hydrogen) atoms. The lowest BCUT2D eigenvalue weighted by Gasteiger charge is -2.44. The van der Waals surface area contributed by atoms with E-state index in [4.69, 9.17) is 4.74 Å². The first-order valence-electron chi connectivity index (χ1n) is 5.72. The Morgan fingerprint density at radius 2 is 2.13 bits per heavy atom. The Morgan fingerprint density at radius 3 is 2.73 bits per heavy atom. The molecule has 0 amide bonds. The Balaban J connectivity index is 1.69. The Kier molecular flexibility index (Phi) is 2.33. The maximum Gasteiger partial charge on any atom is 0.213 e. The molecule has 0 spiro atoms. The lowest BCUT2D eigenvalue weighted by Crippen LogP contribution is -2.52. The van der Waals surface area contributed by atoms with Crippen molar-refractivity contribution >= 4 is 0 Å². The molecule has 3 aliphatic heterocycles. The van der Waals surface area contributed by atoms with Gasteiger partial charge >= 0.3 is 0 Å². The van der Waals surface area contributed by atoms with Crippen molar-refractivity contribution < 1.29 is 4.74 Å². The van der Waals surface area contributed by atoms with Crippen LogP contribution in [0.1, 0.15) is 12.8 Å². The summed E-state index contributed by atoms with van der Waals surface area (Å²) in [7, 11) is 0. The third kappa shape index (κ3) is 1.84. The van der Waals surface area contributed by atoms with E-state index in [1.807, 2.05) is 18.2 Å². The zero-order valence-corrected chi connectivity index (χ0v) is 8.80. The third-order valence-electron chi connectivity index (χ3n) is 3.51. The maximum absolute atomic E-state index is 5.94. The summed E-state index contributed by atoms with van der Waals surface area (Å²) >= 11 is 0. The number of hydrogen-bond acceptors (Lipinski definition) is 3. The summed E-state index contributed by atoms with van der Waals surface area (Å²) in [5, 5.41) is 0. The summed E-state index contributed by atoms with van der Waals surface area (Å²) in [5.41, 5.74) is 0. The molecule has 0 radical (unpaired) electrons. The Morgan fingerprint density at radius 1 is 1.27 bits per heavy atom. The number of pyridine rings is 1. The minimum atomic E-state index is 0.363. The fourth-order valence-corrected chi connectivity index (χ4v) is 2.62. The molecule has 3 saturated heterocycles. The first kappa shape index (κ1) is 9.16. The van der Waals surface area contributed by atoms with Crippen LogP contribution in [0.5, 0.6) is 5.88 Å². The lowest BCUT2D eigenvalue weighted by molar-refractivity contribution is -0.00992. The second-order valence-corrected chi connectivity index (χ2v) is 4.46. The number of rotatable bonds is 2. The number of piperidine rings is 3. The minimum absolute atomic E-state index is 0.363.